The number of anilines is 1. The Bertz CT molecular complexity index is 1040. The lowest BCUT2D eigenvalue weighted by Crippen LogP contribution is -2.37. The molecule has 1 atom stereocenters. The Labute approximate surface area is 188 Å². The molecule has 0 aromatic heterocycles. The molecule has 0 saturated carbocycles. The van der Waals surface area contributed by atoms with Gasteiger partial charge in [-0.25, -0.2) is 0 Å². The molecule has 0 spiro atoms. The molecule has 0 saturated heterocycles. The Kier molecular flexibility index (Phi) is 6.78. The standard InChI is InChI=1S/C23H27NO7Si/c1-27-16-11-10-14(32(4,5)6)12-19(16)30-20-13-15(25)22(31-20)23(26)24-21-17(28-2)8-7-9-18(21)29-3/h7-13,22H,1-6H3,(H,24,26). The first-order chi connectivity index (χ1) is 15.2. The summed E-state index contributed by atoms with van der Waals surface area (Å²) in [6.07, 6.45) is -0.240. The van der Waals surface area contributed by atoms with E-state index in [1.54, 1.807) is 18.2 Å². The van der Waals surface area contributed by atoms with Gasteiger partial charge in [-0.3, -0.25) is 9.59 Å². The number of ketones is 1. The Morgan fingerprint density at radius 3 is 2.12 bits per heavy atom. The Morgan fingerprint density at radius 2 is 1.56 bits per heavy atom. The van der Waals surface area contributed by atoms with Gasteiger partial charge in [0.05, 0.1) is 35.5 Å². The van der Waals surface area contributed by atoms with Gasteiger partial charge >= 0.3 is 0 Å². The van der Waals surface area contributed by atoms with Crippen molar-refractivity contribution in [1.82, 2.24) is 0 Å². The van der Waals surface area contributed by atoms with Gasteiger partial charge in [-0.2, -0.15) is 0 Å². The largest absolute Gasteiger partial charge is 0.494 e. The number of carbonyl (C=O) groups excluding carboxylic acids is 2. The van der Waals surface area contributed by atoms with Crippen LogP contribution in [-0.4, -0.2) is 47.2 Å². The van der Waals surface area contributed by atoms with Crippen molar-refractivity contribution in [2.24, 2.45) is 0 Å². The number of rotatable bonds is 8. The number of amides is 1. The minimum Gasteiger partial charge on any atom is -0.494 e. The van der Waals surface area contributed by atoms with Gasteiger partial charge in [0.15, 0.2) is 11.5 Å². The van der Waals surface area contributed by atoms with Gasteiger partial charge < -0.3 is 29.0 Å². The van der Waals surface area contributed by atoms with Gasteiger partial charge in [0.2, 0.25) is 11.9 Å². The topological polar surface area (TPSA) is 92.3 Å². The average molecular weight is 458 g/mol. The van der Waals surface area contributed by atoms with Gasteiger partial charge in [0.25, 0.3) is 11.9 Å². The second-order valence-corrected chi connectivity index (χ2v) is 13.2. The van der Waals surface area contributed by atoms with Gasteiger partial charge in [-0.15, -0.1) is 0 Å². The van der Waals surface area contributed by atoms with Gasteiger partial charge in [0.1, 0.15) is 17.2 Å². The molecule has 1 aliphatic heterocycles. The van der Waals surface area contributed by atoms with Crippen LogP contribution < -0.4 is 29.5 Å². The van der Waals surface area contributed by atoms with Crippen LogP contribution in [0.2, 0.25) is 19.6 Å². The van der Waals surface area contributed by atoms with Crippen LogP contribution in [0.5, 0.6) is 23.0 Å². The Balaban J connectivity index is 1.77. The van der Waals surface area contributed by atoms with E-state index in [-0.39, 0.29) is 5.95 Å². The van der Waals surface area contributed by atoms with Crippen LogP contribution in [0.3, 0.4) is 0 Å². The third-order valence-corrected chi connectivity index (χ3v) is 6.95. The molecule has 9 heteroatoms. The number of ether oxygens (including phenoxy) is 5. The van der Waals surface area contributed by atoms with Crippen LogP contribution in [0, 0.1) is 0 Å². The van der Waals surface area contributed by atoms with Gasteiger partial charge in [-0.1, -0.05) is 37.0 Å². The molecule has 1 amide bonds. The normalized spacial score (nSPS) is 15.5. The summed E-state index contributed by atoms with van der Waals surface area (Å²) < 4.78 is 27.3. The highest BCUT2D eigenvalue weighted by molar-refractivity contribution is 6.88. The molecule has 1 N–H and O–H groups in total. The molecule has 8 nitrogen and oxygen atoms in total. The lowest BCUT2D eigenvalue weighted by atomic mass is 10.2. The maximum Gasteiger partial charge on any atom is 0.289 e. The van der Waals surface area contributed by atoms with E-state index in [0.29, 0.717) is 28.7 Å². The first kappa shape index (κ1) is 23.2. The molecular formula is C23H27NO7Si. The second-order valence-electron chi connectivity index (χ2n) is 8.11. The molecule has 0 bridgehead atoms. The van der Waals surface area contributed by atoms with Crippen molar-refractivity contribution in [3.05, 3.63) is 48.4 Å². The van der Waals surface area contributed by atoms with E-state index >= 15 is 0 Å². The highest BCUT2D eigenvalue weighted by Crippen LogP contribution is 2.35. The van der Waals surface area contributed by atoms with Crippen LogP contribution in [-0.2, 0) is 14.3 Å². The Morgan fingerprint density at radius 1 is 0.938 bits per heavy atom. The number of hydrogen-bond donors (Lipinski definition) is 1. The fraction of sp³-hybridized carbons (Fsp3) is 0.304. The first-order valence-corrected chi connectivity index (χ1v) is 13.5. The van der Waals surface area contributed by atoms with E-state index in [1.165, 1.54) is 21.3 Å². The van der Waals surface area contributed by atoms with Crippen molar-refractivity contribution < 1.29 is 33.3 Å². The predicted octanol–water partition coefficient (Wildman–Crippen LogP) is 3.08. The van der Waals surface area contributed by atoms with Crippen LogP contribution in [0.1, 0.15) is 0 Å². The summed E-state index contributed by atoms with van der Waals surface area (Å²) in [6.45, 7) is 6.62. The van der Waals surface area contributed by atoms with E-state index in [1.807, 2.05) is 18.2 Å². The van der Waals surface area contributed by atoms with Gasteiger partial charge in [0, 0.05) is 0 Å². The van der Waals surface area contributed by atoms with Crippen LogP contribution in [0.15, 0.2) is 48.4 Å². The average Bonchev–Trinajstić information content (AvgIpc) is 3.13. The number of carbonyl (C=O) groups is 2. The zero-order valence-electron chi connectivity index (χ0n) is 19.0. The highest BCUT2D eigenvalue weighted by atomic mass is 28.3. The minimum atomic E-state index is -1.61. The van der Waals surface area contributed by atoms with E-state index in [2.05, 4.69) is 25.0 Å². The van der Waals surface area contributed by atoms with E-state index in [9.17, 15) is 9.59 Å². The summed E-state index contributed by atoms with van der Waals surface area (Å²) in [5.74, 6) is 0.408. The third kappa shape index (κ3) is 4.88. The number of hydrogen-bond acceptors (Lipinski definition) is 7. The molecule has 3 rings (SSSR count). The third-order valence-electron chi connectivity index (χ3n) is 4.91. The summed E-state index contributed by atoms with van der Waals surface area (Å²) in [4.78, 5) is 25.3. The Hall–Kier alpha value is -3.46. The fourth-order valence-electron chi connectivity index (χ4n) is 3.13. The van der Waals surface area contributed by atoms with Crippen LogP contribution in [0.25, 0.3) is 0 Å². The van der Waals surface area contributed by atoms with Crippen molar-refractivity contribution in [1.29, 1.82) is 0 Å². The lowest BCUT2D eigenvalue weighted by Gasteiger charge is -2.20. The molecule has 170 valence electrons. The molecule has 32 heavy (non-hydrogen) atoms. The molecule has 2 aromatic carbocycles. The van der Waals surface area contributed by atoms with Crippen molar-refractivity contribution in [2.45, 2.75) is 25.7 Å². The monoisotopic (exact) mass is 457 g/mol. The second kappa shape index (κ2) is 9.35. The summed E-state index contributed by atoms with van der Waals surface area (Å²) >= 11 is 0. The fourth-order valence-corrected chi connectivity index (χ4v) is 4.28. The first-order valence-electron chi connectivity index (χ1n) is 9.98. The van der Waals surface area contributed by atoms with Crippen molar-refractivity contribution in [3.63, 3.8) is 0 Å². The van der Waals surface area contributed by atoms with Crippen LogP contribution >= 0.6 is 0 Å². The predicted molar refractivity (Wildman–Crippen MR) is 123 cm³/mol. The van der Waals surface area contributed by atoms with Crippen molar-refractivity contribution >= 4 is 30.6 Å². The maximum atomic E-state index is 12.8. The number of para-hydroxylation sites is 1. The molecule has 1 unspecified atom stereocenters. The molecular weight excluding hydrogens is 430 g/mol. The van der Waals surface area contributed by atoms with Gasteiger partial charge in [-0.05, 0) is 24.3 Å². The smallest absolute Gasteiger partial charge is 0.289 e. The SMILES string of the molecule is COc1ccc([Si](C)(C)C)cc1OC1=CC(=O)C(C(=O)Nc2c(OC)cccc2OC)O1. The maximum absolute atomic E-state index is 12.8. The van der Waals surface area contributed by atoms with E-state index in [4.69, 9.17) is 23.7 Å². The van der Waals surface area contributed by atoms with E-state index < -0.39 is 25.9 Å². The van der Waals surface area contributed by atoms with Crippen molar-refractivity contribution in [2.75, 3.05) is 26.6 Å². The molecule has 1 heterocycles. The number of nitrogens with one attached hydrogen (secondary N) is 1. The quantitative estimate of drug-likeness (QED) is 0.481. The number of methoxy groups -OCH3 is 3. The molecule has 0 fully saturated rings. The number of benzene rings is 2. The molecule has 2 aromatic rings. The van der Waals surface area contributed by atoms with Crippen molar-refractivity contribution in [3.8, 4) is 23.0 Å². The molecule has 0 radical (unpaired) electrons. The molecule has 0 aliphatic carbocycles. The zero-order valence-corrected chi connectivity index (χ0v) is 20.0. The summed E-state index contributed by atoms with van der Waals surface area (Å²) in [5.41, 5.74) is 0.303. The minimum absolute atomic E-state index is 0.0758. The highest BCUT2D eigenvalue weighted by Gasteiger charge is 2.36. The van der Waals surface area contributed by atoms with Crippen LogP contribution in [0.4, 0.5) is 5.69 Å². The summed E-state index contributed by atoms with van der Waals surface area (Å²) in [7, 11) is 2.86. The summed E-state index contributed by atoms with van der Waals surface area (Å²) in [5, 5.41) is 3.80. The lowest BCUT2D eigenvalue weighted by molar-refractivity contribution is -0.134. The molecule has 1 aliphatic rings. The summed E-state index contributed by atoms with van der Waals surface area (Å²) in [6, 6.07) is 10.8. The van der Waals surface area contributed by atoms with E-state index in [0.717, 1.165) is 11.3 Å². The zero-order chi connectivity index (χ0) is 23.5.